The van der Waals surface area contributed by atoms with Gasteiger partial charge in [0, 0.05) is 39.6 Å². The Morgan fingerprint density at radius 1 is 1.29 bits per heavy atom. The first-order valence-corrected chi connectivity index (χ1v) is 8.43. The molecule has 1 unspecified atom stereocenters. The van der Waals surface area contributed by atoms with Gasteiger partial charge in [-0.1, -0.05) is 37.6 Å². The first kappa shape index (κ1) is 14.6. The Kier molecular flexibility index (Phi) is 4.34. The Morgan fingerprint density at radius 3 is 2.86 bits per heavy atom. The van der Waals surface area contributed by atoms with Crippen molar-refractivity contribution in [2.45, 2.75) is 26.4 Å². The fourth-order valence-corrected chi connectivity index (χ4v) is 3.80. The average Bonchev–Trinajstić information content (AvgIpc) is 3.08. The van der Waals surface area contributed by atoms with Crippen molar-refractivity contribution >= 4 is 33.8 Å². The number of aromatic amines is 1. The first-order valence-electron chi connectivity index (χ1n) is 7.17. The highest BCUT2D eigenvalue weighted by Crippen LogP contribution is 2.27. The van der Waals surface area contributed by atoms with Crippen molar-refractivity contribution < 1.29 is 0 Å². The maximum Gasteiger partial charge on any atom is 0.0472 e. The molecule has 21 heavy (non-hydrogen) atoms. The summed E-state index contributed by atoms with van der Waals surface area (Å²) in [5.41, 5.74) is 2.38. The van der Waals surface area contributed by atoms with Crippen molar-refractivity contribution in [1.29, 1.82) is 0 Å². The van der Waals surface area contributed by atoms with Crippen molar-refractivity contribution in [2.75, 3.05) is 0 Å². The number of rotatable bonds is 5. The summed E-state index contributed by atoms with van der Waals surface area (Å²) in [5, 5.41) is 7.83. The molecule has 0 spiro atoms. The van der Waals surface area contributed by atoms with Crippen molar-refractivity contribution in [3.05, 3.63) is 57.4 Å². The van der Waals surface area contributed by atoms with Gasteiger partial charge in [0.15, 0.2) is 0 Å². The number of thiophene rings is 1. The van der Waals surface area contributed by atoms with E-state index in [4.69, 9.17) is 11.6 Å². The topological polar surface area (TPSA) is 27.8 Å². The van der Waals surface area contributed by atoms with Crippen LogP contribution in [0, 0.1) is 5.92 Å². The van der Waals surface area contributed by atoms with E-state index in [2.05, 4.69) is 53.9 Å². The maximum atomic E-state index is 6.03. The lowest BCUT2D eigenvalue weighted by atomic mass is 10.0. The molecule has 0 amide bonds. The molecule has 0 bridgehead atoms. The molecule has 1 atom stereocenters. The third-order valence-electron chi connectivity index (χ3n) is 3.76. The van der Waals surface area contributed by atoms with Crippen LogP contribution in [0.1, 0.15) is 30.3 Å². The number of aromatic nitrogens is 1. The van der Waals surface area contributed by atoms with E-state index in [1.54, 1.807) is 0 Å². The quantitative estimate of drug-likeness (QED) is 0.650. The molecule has 2 heterocycles. The predicted octanol–water partition coefficient (Wildman–Crippen LogP) is 5.37. The zero-order valence-electron chi connectivity index (χ0n) is 12.2. The summed E-state index contributed by atoms with van der Waals surface area (Å²) < 4.78 is 0. The lowest BCUT2D eigenvalue weighted by molar-refractivity contribution is 0.417. The SMILES string of the molecule is CC(C)C(NCc1c[nH]c2cc(Cl)ccc12)c1cccs1. The van der Waals surface area contributed by atoms with Gasteiger partial charge >= 0.3 is 0 Å². The van der Waals surface area contributed by atoms with E-state index in [-0.39, 0.29) is 0 Å². The van der Waals surface area contributed by atoms with Crippen LogP contribution in [0.5, 0.6) is 0 Å². The van der Waals surface area contributed by atoms with Gasteiger partial charge in [-0.3, -0.25) is 0 Å². The van der Waals surface area contributed by atoms with Crippen molar-refractivity contribution in [3.8, 4) is 0 Å². The fourth-order valence-electron chi connectivity index (χ4n) is 2.66. The Bertz CT molecular complexity index is 716. The molecule has 1 aromatic carbocycles. The number of hydrogen-bond acceptors (Lipinski definition) is 2. The lowest BCUT2D eigenvalue weighted by Gasteiger charge is -2.21. The van der Waals surface area contributed by atoms with Crippen LogP contribution in [-0.2, 0) is 6.54 Å². The largest absolute Gasteiger partial charge is 0.361 e. The minimum atomic E-state index is 0.391. The molecule has 4 heteroatoms. The number of halogens is 1. The summed E-state index contributed by atoms with van der Waals surface area (Å²) in [6.45, 7) is 5.36. The van der Waals surface area contributed by atoms with Crippen LogP contribution in [0.15, 0.2) is 41.9 Å². The Labute approximate surface area is 134 Å². The van der Waals surface area contributed by atoms with E-state index in [0.717, 1.165) is 17.1 Å². The van der Waals surface area contributed by atoms with Gasteiger partial charge in [0.25, 0.3) is 0 Å². The van der Waals surface area contributed by atoms with Crippen LogP contribution in [0.2, 0.25) is 5.02 Å². The molecule has 2 nitrogen and oxygen atoms in total. The van der Waals surface area contributed by atoms with Crippen molar-refractivity contribution in [2.24, 2.45) is 5.92 Å². The zero-order chi connectivity index (χ0) is 14.8. The van der Waals surface area contributed by atoms with Gasteiger partial charge < -0.3 is 10.3 Å². The Balaban J connectivity index is 1.79. The van der Waals surface area contributed by atoms with Gasteiger partial charge in [0.2, 0.25) is 0 Å². The molecule has 3 aromatic rings. The van der Waals surface area contributed by atoms with Gasteiger partial charge in [-0.15, -0.1) is 11.3 Å². The van der Waals surface area contributed by atoms with E-state index >= 15 is 0 Å². The molecule has 0 radical (unpaired) electrons. The second-order valence-corrected chi connectivity index (χ2v) is 7.04. The highest BCUT2D eigenvalue weighted by molar-refractivity contribution is 7.10. The molecular weight excluding hydrogens is 300 g/mol. The van der Waals surface area contributed by atoms with Crippen LogP contribution in [-0.4, -0.2) is 4.98 Å². The molecule has 3 rings (SSSR count). The second-order valence-electron chi connectivity index (χ2n) is 5.62. The Hall–Kier alpha value is -1.29. The van der Waals surface area contributed by atoms with Gasteiger partial charge in [-0.2, -0.15) is 0 Å². The molecular formula is C17H19ClN2S. The van der Waals surface area contributed by atoms with E-state index in [0.29, 0.717) is 12.0 Å². The van der Waals surface area contributed by atoms with Gasteiger partial charge in [0.05, 0.1) is 0 Å². The van der Waals surface area contributed by atoms with E-state index < -0.39 is 0 Å². The molecule has 0 aliphatic carbocycles. The number of hydrogen-bond donors (Lipinski definition) is 2. The maximum absolute atomic E-state index is 6.03. The molecule has 2 N–H and O–H groups in total. The fraction of sp³-hybridized carbons (Fsp3) is 0.294. The molecule has 0 saturated carbocycles. The third-order valence-corrected chi connectivity index (χ3v) is 4.95. The molecule has 0 saturated heterocycles. The molecule has 110 valence electrons. The Morgan fingerprint density at radius 2 is 2.14 bits per heavy atom. The van der Waals surface area contributed by atoms with Crippen LogP contribution in [0.25, 0.3) is 10.9 Å². The van der Waals surface area contributed by atoms with Gasteiger partial charge in [-0.25, -0.2) is 0 Å². The number of fused-ring (bicyclic) bond motifs is 1. The minimum Gasteiger partial charge on any atom is -0.361 e. The van der Waals surface area contributed by atoms with Crippen molar-refractivity contribution in [1.82, 2.24) is 10.3 Å². The number of benzene rings is 1. The summed E-state index contributed by atoms with van der Waals surface area (Å²) in [4.78, 5) is 4.69. The first-order chi connectivity index (χ1) is 10.1. The molecule has 2 aromatic heterocycles. The van der Waals surface area contributed by atoms with Crippen LogP contribution in [0.4, 0.5) is 0 Å². The number of nitrogens with one attached hydrogen (secondary N) is 2. The second kappa shape index (κ2) is 6.22. The monoisotopic (exact) mass is 318 g/mol. The molecule has 0 aliphatic heterocycles. The van der Waals surface area contributed by atoms with Crippen LogP contribution >= 0.6 is 22.9 Å². The standard InChI is InChI=1S/C17H19ClN2S/c1-11(2)17(16-4-3-7-21-16)20-10-12-9-19-15-8-13(18)5-6-14(12)15/h3-9,11,17,19-20H,10H2,1-2H3. The lowest BCUT2D eigenvalue weighted by Crippen LogP contribution is -2.24. The van der Waals surface area contributed by atoms with Crippen LogP contribution < -0.4 is 5.32 Å². The van der Waals surface area contributed by atoms with Crippen LogP contribution in [0.3, 0.4) is 0 Å². The highest BCUT2D eigenvalue weighted by Gasteiger charge is 2.16. The summed E-state index contributed by atoms with van der Waals surface area (Å²) in [6, 6.07) is 10.7. The number of H-pyrrole nitrogens is 1. The van der Waals surface area contributed by atoms with E-state index in [1.807, 2.05) is 23.5 Å². The van der Waals surface area contributed by atoms with Gasteiger partial charge in [-0.05, 0) is 35.1 Å². The van der Waals surface area contributed by atoms with Gasteiger partial charge in [0.1, 0.15) is 0 Å². The average molecular weight is 319 g/mol. The molecule has 0 fully saturated rings. The molecule has 0 aliphatic rings. The normalized spacial score (nSPS) is 13.1. The highest BCUT2D eigenvalue weighted by atomic mass is 35.5. The van der Waals surface area contributed by atoms with Crippen molar-refractivity contribution in [3.63, 3.8) is 0 Å². The van der Waals surface area contributed by atoms with E-state index in [1.165, 1.54) is 15.8 Å². The zero-order valence-corrected chi connectivity index (χ0v) is 13.8. The summed E-state index contributed by atoms with van der Waals surface area (Å²) in [7, 11) is 0. The van der Waals surface area contributed by atoms with E-state index in [9.17, 15) is 0 Å². The smallest absolute Gasteiger partial charge is 0.0472 e. The summed E-state index contributed by atoms with van der Waals surface area (Å²) in [5.74, 6) is 0.559. The third kappa shape index (κ3) is 3.15. The summed E-state index contributed by atoms with van der Waals surface area (Å²) in [6.07, 6.45) is 2.07. The summed E-state index contributed by atoms with van der Waals surface area (Å²) >= 11 is 7.84. The minimum absolute atomic E-state index is 0.391. The predicted molar refractivity (Wildman–Crippen MR) is 92.0 cm³/mol.